The Morgan fingerprint density at radius 1 is 1.00 bits per heavy atom. The van der Waals surface area contributed by atoms with Crippen LogP contribution < -0.4 is 15.1 Å². The van der Waals surface area contributed by atoms with Gasteiger partial charge >= 0.3 is 0 Å². The van der Waals surface area contributed by atoms with Gasteiger partial charge in [0.1, 0.15) is 5.82 Å². The van der Waals surface area contributed by atoms with Gasteiger partial charge in [-0.05, 0) is 54.5 Å². The second kappa shape index (κ2) is 10.3. The van der Waals surface area contributed by atoms with Crippen LogP contribution >= 0.6 is 11.6 Å². The molecule has 4 rings (SSSR count). The van der Waals surface area contributed by atoms with Gasteiger partial charge in [0.05, 0.1) is 6.04 Å². The van der Waals surface area contributed by atoms with Crippen molar-refractivity contribution >= 4 is 35.1 Å². The molecule has 1 amide bonds. The number of nitrogens with one attached hydrogen (secondary N) is 1. The molecule has 32 heavy (non-hydrogen) atoms. The molecule has 0 radical (unpaired) electrons. The van der Waals surface area contributed by atoms with Crippen LogP contribution in [0.3, 0.4) is 0 Å². The van der Waals surface area contributed by atoms with Crippen LogP contribution in [0, 0.1) is 0 Å². The Balaban J connectivity index is 1.35. The van der Waals surface area contributed by atoms with Gasteiger partial charge in [-0.1, -0.05) is 48.0 Å². The Bertz CT molecular complexity index is 1080. The molecule has 1 N–H and O–H groups in total. The lowest BCUT2D eigenvalue weighted by Crippen LogP contribution is -2.46. The number of benzene rings is 2. The highest BCUT2D eigenvalue weighted by Crippen LogP contribution is 2.23. The Kier molecular flexibility index (Phi) is 7.07. The van der Waals surface area contributed by atoms with Gasteiger partial charge in [0.15, 0.2) is 0 Å². The molecular formula is C26H27ClN4O. The van der Waals surface area contributed by atoms with E-state index in [0.717, 1.165) is 43.1 Å². The van der Waals surface area contributed by atoms with Crippen LogP contribution in [0.1, 0.15) is 24.1 Å². The van der Waals surface area contributed by atoms with Gasteiger partial charge in [-0.2, -0.15) is 0 Å². The number of rotatable bonds is 6. The highest BCUT2D eigenvalue weighted by atomic mass is 35.5. The second-order valence-corrected chi connectivity index (χ2v) is 8.25. The molecule has 2 heterocycles. The highest BCUT2D eigenvalue weighted by molar-refractivity contribution is 6.32. The first kappa shape index (κ1) is 21.9. The van der Waals surface area contributed by atoms with Gasteiger partial charge in [0.25, 0.3) is 0 Å². The summed E-state index contributed by atoms with van der Waals surface area (Å²) in [4.78, 5) is 21.6. The van der Waals surface area contributed by atoms with Gasteiger partial charge in [0.2, 0.25) is 5.91 Å². The van der Waals surface area contributed by atoms with Crippen molar-refractivity contribution in [3.8, 4) is 0 Å². The minimum Gasteiger partial charge on any atom is -0.368 e. The maximum absolute atomic E-state index is 12.4. The van der Waals surface area contributed by atoms with E-state index in [0.29, 0.717) is 5.02 Å². The van der Waals surface area contributed by atoms with E-state index in [1.165, 1.54) is 11.8 Å². The number of carbonyl (C=O) groups is 1. The number of aromatic nitrogens is 1. The molecule has 6 heteroatoms. The predicted molar refractivity (Wildman–Crippen MR) is 132 cm³/mol. The first-order valence-electron chi connectivity index (χ1n) is 10.8. The van der Waals surface area contributed by atoms with E-state index in [1.807, 2.05) is 49.5 Å². The van der Waals surface area contributed by atoms with Crippen molar-refractivity contribution < 1.29 is 4.79 Å². The molecule has 1 fully saturated rings. The molecule has 1 atom stereocenters. The van der Waals surface area contributed by atoms with Crippen molar-refractivity contribution in [2.45, 2.75) is 13.0 Å². The zero-order chi connectivity index (χ0) is 22.3. The van der Waals surface area contributed by atoms with Crippen molar-refractivity contribution in [1.29, 1.82) is 0 Å². The maximum atomic E-state index is 12.4. The molecular weight excluding hydrogens is 420 g/mol. The molecule has 1 saturated heterocycles. The smallest absolute Gasteiger partial charge is 0.244 e. The Labute approximate surface area is 194 Å². The van der Waals surface area contributed by atoms with E-state index >= 15 is 0 Å². The number of amides is 1. The summed E-state index contributed by atoms with van der Waals surface area (Å²) in [6.45, 7) is 5.72. The van der Waals surface area contributed by atoms with E-state index in [4.69, 9.17) is 11.6 Å². The van der Waals surface area contributed by atoms with Gasteiger partial charge in [-0.15, -0.1) is 0 Å². The number of nitrogens with zero attached hydrogens (tertiary/aromatic N) is 3. The fourth-order valence-electron chi connectivity index (χ4n) is 3.85. The van der Waals surface area contributed by atoms with Crippen LogP contribution in [0.5, 0.6) is 0 Å². The zero-order valence-corrected chi connectivity index (χ0v) is 18.9. The Morgan fingerprint density at radius 2 is 1.75 bits per heavy atom. The van der Waals surface area contributed by atoms with Crippen LogP contribution in [0.15, 0.2) is 79.0 Å². The largest absolute Gasteiger partial charge is 0.368 e. The van der Waals surface area contributed by atoms with E-state index in [-0.39, 0.29) is 11.9 Å². The molecule has 2 aromatic carbocycles. The van der Waals surface area contributed by atoms with Gasteiger partial charge in [-0.3, -0.25) is 4.79 Å². The molecule has 164 valence electrons. The Morgan fingerprint density at radius 3 is 2.50 bits per heavy atom. The third kappa shape index (κ3) is 5.48. The van der Waals surface area contributed by atoms with E-state index in [1.54, 1.807) is 6.08 Å². The topological polar surface area (TPSA) is 48.5 Å². The fraction of sp³-hybridized carbons (Fsp3) is 0.231. The lowest BCUT2D eigenvalue weighted by Gasteiger charge is -2.37. The summed E-state index contributed by atoms with van der Waals surface area (Å²) in [6.07, 6.45) is 5.10. The molecule has 1 aliphatic rings. The predicted octanol–water partition coefficient (Wildman–Crippen LogP) is 4.95. The number of hydrogen-bond acceptors (Lipinski definition) is 4. The number of carbonyl (C=O) groups excluding carboxylic acids is 1. The van der Waals surface area contributed by atoms with E-state index < -0.39 is 0 Å². The van der Waals surface area contributed by atoms with Crippen molar-refractivity contribution in [2.75, 3.05) is 36.0 Å². The molecule has 1 aliphatic heterocycles. The van der Waals surface area contributed by atoms with Crippen LogP contribution in [0.25, 0.3) is 6.08 Å². The monoisotopic (exact) mass is 446 g/mol. The molecule has 0 spiro atoms. The van der Waals surface area contributed by atoms with E-state index in [2.05, 4.69) is 50.4 Å². The summed E-state index contributed by atoms with van der Waals surface area (Å²) in [7, 11) is 0. The third-order valence-corrected chi connectivity index (χ3v) is 6.01. The average molecular weight is 447 g/mol. The quantitative estimate of drug-likeness (QED) is 0.544. The minimum absolute atomic E-state index is 0.104. The molecule has 5 nitrogen and oxygen atoms in total. The van der Waals surface area contributed by atoms with Crippen LogP contribution in [0.2, 0.25) is 5.02 Å². The molecule has 0 bridgehead atoms. The molecule has 1 aromatic heterocycles. The normalized spacial score (nSPS) is 15.1. The van der Waals surface area contributed by atoms with Crippen LogP contribution in [-0.2, 0) is 4.79 Å². The van der Waals surface area contributed by atoms with Gasteiger partial charge in [-0.25, -0.2) is 4.98 Å². The SMILES string of the molecule is C[C@H](NC(=O)/C=C/c1ccccc1Cl)c1cccc(N2CCN(c3ccccn3)CC2)c1. The minimum atomic E-state index is -0.146. The summed E-state index contributed by atoms with van der Waals surface area (Å²) in [5.74, 6) is 0.883. The molecule has 0 saturated carbocycles. The first-order chi connectivity index (χ1) is 15.6. The molecule has 0 aliphatic carbocycles. The number of halogens is 1. The van der Waals surface area contributed by atoms with E-state index in [9.17, 15) is 4.79 Å². The number of hydrogen-bond donors (Lipinski definition) is 1. The fourth-order valence-corrected chi connectivity index (χ4v) is 4.04. The Hall–Kier alpha value is -3.31. The standard InChI is InChI=1S/C26H27ClN4O/c1-20(29-26(32)13-12-21-7-2-3-10-24(21)27)22-8-6-9-23(19-22)30-15-17-31(18-16-30)25-11-4-5-14-28-25/h2-14,19-20H,15-18H2,1H3,(H,29,32)/b13-12+/t20-/m0/s1. The molecule has 3 aromatic rings. The van der Waals surface area contributed by atoms with Crippen molar-refractivity contribution in [3.63, 3.8) is 0 Å². The third-order valence-electron chi connectivity index (χ3n) is 5.67. The zero-order valence-electron chi connectivity index (χ0n) is 18.1. The number of anilines is 2. The first-order valence-corrected chi connectivity index (χ1v) is 11.2. The molecule has 0 unspecified atom stereocenters. The van der Waals surface area contributed by atoms with Crippen LogP contribution in [-0.4, -0.2) is 37.1 Å². The van der Waals surface area contributed by atoms with Crippen molar-refractivity contribution in [3.05, 3.63) is 95.2 Å². The summed E-state index contributed by atoms with van der Waals surface area (Å²) in [5, 5.41) is 3.67. The van der Waals surface area contributed by atoms with Crippen molar-refractivity contribution in [2.24, 2.45) is 0 Å². The lowest BCUT2D eigenvalue weighted by atomic mass is 10.1. The average Bonchev–Trinajstić information content (AvgIpc) is 2.84. The summed E-state index contributed by atoms with van der Waals surface area (Å²) in [6, 6.07) is 21.8. The summed E-state index contributed by atoms with van der Waals surface area (Å²) in [5.41, 5.74) is 3.08. The summed E-state index contributed by atoms with van der Waals surface area (Å²) < 4.78 is 0. The second-order valence-electron chi connectivity index (χ2n) is 7.84. The lowest BCUT2D eigenvalue weighted by molar-refractivity contribution is -0.117. The maximum Gasteiger partial charge on any atom is 0.244 e. The summed E-state index contributed by atoms with van der Waals surface area (Å²) >= 11 is 6.15. The van der Waals surface area contributed by atoms with Crippen molar-refractivity contribution in [1.82, 2.24) is 10.3 Å². The van der Waals surface area contributed by atoms with Gasteiger partial charge < -0.3 is 15.1 Å². The highest BCUT2D eigenvalue weighted by Gasteiger charge is 2.19. The number of piperazine rings is 1. The van der Waals surface area contributed by atoms with Gasteiger partial charge in [0, 0.05) is 49.2 Å². The van der Waals surface area contributed by atoms with Crippen LogP contribution in [0.4, 0.5) is 11.5 Å². The number of pyridine rings is 1.